The SMILES string of the molecule is Oc1ccc2c(c1)ncc[n+]2-c1c(-c2ccccn2)nn2c1CCCCC2. The molecule has 0 aliphatic carbocycles. The lowest BCUT2D eigenvalue weighted by atomic mass is 10.1. The molecular weight excluding hydrogens is 338 g/mol. The van der Waals surface area contributed by atoms with Crippen molar-refractivity contribution >= 4 is 11.0 Å². The Morgan fingerprint density at radius 2 is 1.96 bits per heavy atom. The number of nitrogens with zero attached hydrogens (tertiary/aromatic N) is 5. The summed E-state index contributed by atoms with van der Waals surface area (Å²) in [5.74, 6) is 0.214. The lowest BCUT2D eigenvalue weighted by molar-refractivity contribution is -0.567. The number of hydrogen-bond acceptors (Lipinski definition) is 4. The van der Waals surface area contributed by atoms with Crippen LogP contribution in [0.2, 0.25) is 0 Å². The molecule has 27 heavy (non-hydrogen) atoms. The van der Waals surface area contributed by atoms with Gasteiger partial charge < -0.3 is 5.11 Å². The second kappa shape index (κ2) is 6.46. The minimum atomic E-state index is 0.214. The van der Waals surface area contributed by atoms with Crippen molar-refractivity contribution in [2.75, 3.05) is 0 Å². The number of fused-ring (bicyclic) bond motifs is 2. The van der Waals surface area contributed by atoms with E-state index in [0.717, 1.165) is 53.9 Å². The number of hydrogen-bond donors (Lipinski definition) is 1. The summed E-state index contributed by atoms with van der Waals surface area (Å²) in [6.45, 7) is 0.930. The molecule has 3 aromatic heterocycles. The van der Waals surface area contributed by atoms with E-state index in [1.54, 1.807) is 24.5 Å². The van der Waals surface area contributed by atoms with Gasteiger partial charge in [0.2, 0.25) is 5.52 Å². The molecule has 4 heterocycles. The second-order valence-electron chi connectivity index (χ2n) is 6.86. The van der Waals surface area contributed by atoms with Gasteiger partial charge >= 0.3 is 0 Å². The van der Waals surface area contributed by atoms with Gasteiger partial charge in [0.15, 0.2) is 11.9 Å². The maximum absolute atomic E-state index is 9.84. The van der Waals surface area contributed by atoms with Crippen molar-refractivity contribution in [3.63, 3.8) is 0 Å². The Labute approximate surface area is 156 Å². The summed E-state index contributed by atoms with van der Waals surface area (Å²) in [5, 5.41) is 14.8. The lowest BCUT2D eigenvalue weighted by Gasteiger charge is -2.04. The monoisotopic (exact) mass is 358 g/mol. The molecule has 6 heteroatoms. The first kappa shape index (κ1) is 15.9. The summed E-state index contributed by atoms with van der Waals surface area (Å²) in [5.41, 5.74) is 5.74. The molecular formula is C21H20N5O+. The van der Waals surface area contributed by atoms with E-state index in [0.29, 0.717) is 0 Å². The van der Waals surface area contributed by atoms with Gasteiger partial charge in [0.1, 0.15) is 17.0 Å². The van der Waals surface area contributed by atoms with E-state index in [1.165, 1.54) is 12.1 Å². The van der Waals surface area contributed by atoms with Crippen molar-refractivity contribution in [2.45, 2.75) is 32.2 Å². The van der Waals surface area contributed by atoms with Gasteiger partial charge in [-0.15, -0.1) is 0 Å². The Balaban J connectivity index is 1.82. The zero-order valence-corrected chi connectivity index (χ0v) is 14.9. The van der Waals surface area contributed by atoms with Crippen LogP contribution >= 0.6 is 0 Å². The highest BCUT2D eigenvalue weighted by Crippen LogP contribution is 2.29. The molecule has 5 rings (SSSR count). The van der Waals surface area contributed by atoms with E-state index in [4.69, 9.17) is 5.10 Å². The van der Waals surface area contributed by atoms with E-state index < -0.39 is 0 Å². The maximum Gasteiger partial charge on any atom is 0.262 e. The fourth-order valence-electron chi connectivity index (χ4n) is 3.85. The summed E-state index contributed by atoms with van der Waals surface area (Å²) in [6.07, 6.45) is 10.0. The highest BCUT2D eigenvalue weighted by atomic mass is 16.3. The number of phenols is 1. The minimum Gasteiger partial charge on any atom is -0.508 e. The molecule has 4 aromatic rings. The van der Waals surface area contributed by atoms with Gasteiger partial charge in [-0.1, -0.05) is 12.5 Å². The number of aryl methyl sites for hydroxylation is 1. The van der Waals surface area contributed by atoms with Crippen LogP contribution in [-0.4, -0.2) is 24.9 Å². The third kappa shape index (κ3) is 2.73. The Kier molecular flexibility index (Phi) is 3.81. The van der Waals surface area contributed by atoms with Crippen LogP contribution in [0.15, 0.2) is 55.0 Å². The van der Waals surface area contributed by atoms with Crippen LogP contribution in [0.5, 0.6) is 5.75 Å². The van der Waals surface area contributed by atoms with Gasteiger partial charge in [-0.25, -0.2) is 4.98 Å². The van der Waals surface area contributed by atoms with E-state index >= 15 is 0 Å². The first-order valence-corrected chi connectivity index (χ1v) is 9.32. The molecule has 0 saturated heterocycles. The Morgan fingerprint density at radius 1 is 1.00 bits per heavy atom. The first-order chi connectivity index (χ1) is 13.3. The van der Waals surface area contributed by atoms with E-state index in [1.807, 2.05) is 30.5 Å². The fraction of sp³-hybridized carbons (Fsp3) is 0.238. The van der Waals surface area contributed by atoms with Crippen LogP contribution in [0.3, 0.4) is 0 Å². The average molecular weight is 358 g/mol. The zero-order chi connectivity index (χ0) is 18.2. The predicted molar refractivity (Wildman–Crippen MR) is 102 cm³/mol. The van der Waals surface area contributed by atoms with E-state index in [2.05, 4.69) is 19.2 Å². The molecule has 0 amide bonds. The molecule has 134 valence electrons. The maximum atomic E-state index is 9.84. The molecule has 0 fully saturated rings. The average Bonchev–Trinajstić information content (AvgIpc) is 2.90. The fourth-order valence-corrected chi connectivity index (χ4v) is 3.85. The number of benzene rings is 1. The number of aromatic hydroxyl groups is 1. The number of pyridine rings is 1. The lowest BCUT2D eigenvalue weighted by Crippen LogP contribution is -2.33. The molecule has 1 aliphatic heterocycles. The number of rotatable bonds is 2. The number of phenolic OH excluding ortho intramolecular Hbond substituents is 1. The van der Waals surface area contributed by atoms with Crippen LogP contribution in [-0.2, 0) is 13.0 Å². The van der Waals surface area contributed by atoms with Crippen molar-refractivity contribution in [1.29, 1.82) is 0 Å². The normalized spacial score (nSPS) is 14.1. The van der Waals surface area contributed by atoms with Gasteiger partial charge in [-0.2, -0.15) is 9.67 Å². The second-order valence-corrected chi connectivity index (χ2v) is 6.86. The van der Waals surface area contributed by atoms with Crippen molar-refractivity contribution in [1.82, 2.24) is 19.7 Å². The largest absolute Gasteiger partial charge is 0.508 e. The summed E-state index contributed by atoms with van der Waals surface area (Å²) in [4.78, 5) is 8.97. The van der Waals surface area contributed by atoms with Crippen molar-refractivity contribution < 1.29 is 9.67 Å². The van der Waals surface area contributed by atoms with Crippen LogP contribution in [0.4, 0.5) is 0 Å². The van der Waals surface area contributed by atoms with Crippen molar-refractivity contribution in [2.24, 2.45) is 0 Å². The molecule has 0 unspecified atom stereocenters. The van der Waals surface area contributed by atoms with E-state index in [-0.39, 0.29) is 5.75 Å². The molecule has 0 bridgehead atoms. The quantitative estimate of drug-likeness (QED) is 0.559. The van der Waals surface area contributed by atoms with Gasteiger partial charge in [-0.3, -0.25) is 9.67 Å². The first-order valence-electron chi connectivity index (χ1n) is 9.32. The molecule has 0 atom stereocenters. The molecule has 1 aliphatic rings. The van der Waals surface area contributed by atoms with Gasteiger partial charge in [0, 0.05) is 24.9 Å². The number of aromatic nitrogens is 5. The zero-order valence-electron chi connectivity index (χ0n) is 14.9. The molecule has 1 aromatic carbocycles. The summed E-state index contributed by atoms with van der Waals surface area (Å²) < 4.78 is 4.28. The summed E-state index contributed by atoms with van der Waals surface area (Å²) in [6, 6.07) is 11.2. The van der Waals surface area contributed by atoms with Crippen LogP contribution in [0.25, 0.3) is 28.1 Å². The van der Waals surface area contributed by atoms with Gasteiger partial charge in [-0.05, 0) is 37.5 Å². The molecule has 0 radical (unpaired) electrons. The van der Waals surface area contributed by atoms with E-state index in [9.17, 15) is 5.11 Å². The van der Waals surface area contributed by atoms with Gasteiger partial charge in [0.25, 0.3) is 5.69 Å². The van der Waals surface area contributed by atoms with Crippen molar-refractivity contribution in [3.8, 4) is 22.8 Å². The molecule has 0 saturated carbocycles. The topological polar surface area (TPSA) is 67.7 Å². The Morgan fingerprint density at radius 3 is 2.85 bits per heavy atom. The third-order valence-corrected chi connectivity index (χ3v) is 5.11. The summed E-state index contributed by atoms with van der Waals surface area (Å²) >= 11 is 0. The van der Waals surface area contributed by atoms with Crippen LogP contribution in [0.1, 0.15) is 25.0 Å². The molecule has 1 N–H and O–H groups in total. The van der Waals surface area contributed by atoms with Crippen LogP contribution < -0.4 is 4.57 Å². The Hall–Kier alpha value is -3.28. The smallest absolute Gasteiger partial charge is 0.262 e. The third-order valence-electron chi connectivity index (χ3n) is 5.11. The molecule has 6 nitrogen and oxygen atoms in total. The standard InChI is InChI=1S/C21H19N5O/c27-15-8-9-18-17(14-15)23-11-13-25(18)21-19-7-2-1-5-12-26(19)24-20(21)16-6-3-4-10-22-16/h3-4,6,8-11,13-14H,1-2,5,7,12H2/p+1. The van der Waals surface area contributed by atoms with Crippen LogP contribution in [0, 0.1) is 0 Å². The minimum absolute atomic E-state index is 0.214. The molecule has 0 spiro atoms. The highest BCUT2D eigenvalue weighted by Gasteiger charge is 2.30. The summed E-state index contributed by atoms with van der Waals surface area (Å²) in [7, 11) is 0. The highest BCUT2D eigenvalue weighted by molar-refractivity contribution is 5.74. The van der Waals surface area contributed by atoms with Crippen molar-refractivity contribution in [3.05, 3.63) is 60.7 Å². The predicted octanol–water partition coefficient (Wildman–Crippen LogP) is 3.20. The Bertz CT molecular complexity index is 1120. The van der Waals surface area contributed by atoms with Gasteiger partial charge in [0.05, 0.1) is 11.9 Å².